The number of H-pyrrole nitrogens is 1. The van der Waals surface area contributed by atoms with E-state index in [9.17, 15) is 0 Å². The maximum Gasteiger partial charge on any atom is 0.147 e. The molecule has 0 saturated heterocycles. The largest absolute Gasteiger partial charge is 0.354 e. The molecule has 0 bridgehead atoms. The minimum Gasteiger partial charge on any atom is -0.354 e. The molecule has 0 unspecified atom stereocenters. The fraction of sp³-hybridized carbons (Fsp3) is 0.210. The van der Waals surface area contributed by atoms with E-state index in [2.05, 4.69) is 248 Å². The molecule has 0 aliphatic heterocycles. The van der Waals surface area contributed by atoms with Crippen LogP contribution in [0.3, 0.4) is 0 Å². The van der Waals surface area contributed by atoms with E-state index in [1.54, 1.807) is 0 Å². The summed E-state index contributed by atoms with van der Waals surface area (Å²) in [6.07, 6.45) is 0. The molecule has 320 valence electrons. The van der Waals surface area contributed by atoms with Gasteiger partial charge in [0, 0.05) is 33.1 Å². The summed E-state index contributed by atoms with van der Waals surface area (Å²) < 4.78 is 2.40. The zero-order valence-corrected chi connectivity index (χ0v) is 39.1. The summed E-state index contributed by atoms with van der Waals surface area (Å²) in [5, 5.41) is 2.48. The molecule has 0 fully saturated rings. The molecule has 0 radical (unpaired) electrons. The Morgan fingerprint density at radius 2 is 1.02 bits per heavy atom. The minimum absolute atomic E-state index is 0.0222. The highest BCUT2D eigenvalue weighted by molar-refractivity contribution is 6.13. The Kier molecular flexibility index (Phi) is 9.11. The molecule has 1 aliphatic rings. The second-order valence-electron chi connectivity index (χ2n) is 21.4. The molecule has 3 nitrogen and oxygen atoms in total. The fourth-order valence-corrected chi connectivity index (χ4v) is 10.6. The van der Waals surface area contributed by atoms with Crippen LogP contribution in [-0.4, -0.2) is 14.5 Å². The molecule has 1 N–H and O–H groups in total. The first kappa shape index (κ1) is 40.8. The molecule has 11 rings (SSSR count). The number of aromatic amines is 1. The number of fused-ring (bicyclic) bond motifs is 7. The number of nitrogens with zero attached hydrogens (tertiary/aromatic N) is 2. The highest BCUT2D eigenvalue weighted by atomic mass is 15.1. The summed E-state index contributed by atoms with van der Waals surface area (Å²) in [5.41, 5.74) is 19.7. The van der Waals surface area contributed by atoms with Crippen LogP contribution in [0.4, 0.5) is 0 Å². The molecule has 2 aromatic heterocycles. The molecule has 0 atom stereocenters. The van der Waals surface area contributed by atoms with Crippen LogP contribution in [0.15, 0.2) is 176 Å². The Bertz CT molecular complexity index is 3420. The van der Waals surface area contributed by atoms with Gasteiger partial charge in [-0.05, 0) is 120 Å². The summed E-state index contributed by atoms with van der Waals surface area (Å²) in [7, 11) is 0. The Hall–Kier alpha value is -6.97. The van der Waals surface area contributed by atoms with E-state index in [0.717, 1.165) is 50.3 Å². The van der Waals surface area contributed by atoms with Gasteiger partial charge >= 0.3 is 0 Å². The van der Waals surface area contributed by atoms with Gasteiger partial charge in [0.2, 0.25) is 0 Å². The van der Waals surface area contributed by atoms with Crippen LogP contribution in [-0.2, 0) is 21.7 Å². The summed E-state index contributed by atoms with van der Waals surface area (Å²) >= 11 is 0. The van der Waals surface area contributed by atoms with Crippen LogP contribution in [0.5, 0.6) is 0 Å². The predicted octanol–water partition coefficient (Wildman–Crippen LogP) is 16.2. The zero-order chi connectivity index (χ0) is 45.0. The van der Waals surface area contributed by atoms with E-state index in [-0.39, 0.29) is 16.2 Å². The van der Waals surface area contributed by atoms with E-state index >= 15 is 0 Å². The standard InChI is InChI=1S/C62H57N3/c1-59(2,3)40-29-32-45(33-30-40)65-55-28-18-25-46(57(55)64-58(65)51-38-44(61(7,8)9)37-50-49-36-42(60(4,5)6)31-34-54(49)63-56(50)51)39-19-17-22-43(35-39)62(41-20-11-10-12-21-41)52-26-15-13-23-47(52)48-24-14-16-27-53(48)62/h10-38,63H,1-9H3. The van der Waals surface area contributed by atoms with Crippen molar-refractivity contribution in [3.05, 3.63) is 215 Å². The van der Waals surface area contributed by atoms with Crippen LogP contribution < -0.4 is 0 Å². The number of hydrogen-bond acceptors (Lipinski definition) is 1. The molecular weight excluding hydrogens is 787 g/mol. The summed E-state index contributed by atoms with van der Waals surface area (Å²) in [5.74, 6) is 0.921. The normalized spacial score (nSPS) is 13.7. The second-order valence-corrected chi connectivity index (χ2v) is 21.4. The number of aromatic nitrogens is 3. The van der Waals surface area contributed by atoms with Gasteiger partial charge in [-0.3, -0.25) is 4.57 Å². The molecule has 0 saturated carbocycles. The quantitative estimate of drug-likeness (QED) is 0.184. The van der Waals surface area contributed by atoms with Crippen LogP contribution in [0.25, 0.3) is 72.2 Å². The van der Waals surface area contributed by atoms with E-state index in [4.69, 9.17) is 4.98 Å². The van der Waals surface area contributed by atoms with E-state index in [1.165, 1.54) is 60.8 Å². The third-order valence-electron chi connectivity index (χ3n) is 14.1. The second kappa shape index (κ2) is 14.5. The fourth-order valence-electron chi connectivity index (χ4n) is 10.6. The highest BCUT2D eigenvalue weighted by Crippen LogP contribution is 2.56. The van der Waals surface area contributed by atoms with Gasteiger partial charge in [0.25, 0.3) is 0 Å². The van der Waals surface area contributed by atoms with Gasteiger partial charge in [0.1, 0.15) is 5.82 Å². The Morgan fingerprint density at radius 3 is 1.68 bits per heavy atom. The lowest BCUT2D eigenvalue weighted by atomic mass is 9.67. The first-order chi connectivity index (χ1) is 31.1. The van der Waals surface area contributed by atoms with Gasteiger partial charge in [-0.15, -0.1) is 0 Å². The number of rotatable bonds is 5. The SMILES string of the molecule is CC(C)(C)c1ccc(-n2c(-c3cc(C(C)(C)C)cc4c3[nH]c3ccc(C(C)(C)C)cc34)nc3c(-c4cccc(C5(c6ccccc6)c6ccccc6-c6ccccc65)c4)cccc32)cc1. The minimum atomic E-state index is -0.501. The van der Waals surface area contributed by atoms with Crippen molar-refractivity contribution in [2.45, 2.75) is 84.0 Å². The first-order valence-electron chi connectivity index (χ1n) is 23.2. The smallest absolute Gasteiger partial charge is 0.147 e. The molecule has 10 aromatic rings. The van der Waals surface area contributed by atoms with Gasteiger partial charge in [0.15, 0.2) is 0 Å². The summed E-state index contributed by atoms with van der Waals surface area (Å²) in [6, 6.07) is 65.9. The Labute approximate surface area is 383 Å². The molecule has 1 aliphatic carbocycles. The molecule has 0 spiro atoms. The molecular formula is C62H57N3. The lowest BCUT2D eigenvalue weighted by Crippen LogP contribution is -2.28. The molecule has 8 aromatic carbocycles. The van der Waals surface area contributed by atoms with Crippen molar-refractivity contribution < 1.29 is 0 Å². The Morgan fingerprint density at radius 1 is 0.446 bits per heavy atom. The first-order valence-corrected chi connectivity index (χ1v) is 23.2. The van der Waals surface area contributed by atoms with Crippen LogP contribution in [0.2, 0.25) is 0 Å². The van der Waals surface area contributed by atoms with Gasteiger partial charge in [-0.2, -0.15) is 0 Å². The third kappa shape index (κ3) is 6.42. The summed E-state index contributed by atoms with van der Waals surface area (Å²) in [6.45, 7) is 20.7. The number of para-hydroxylation sites is 1. The third-order valence-corrected chi connectivity index (χ3v) is 14.1. The van der Waals surface area contributed by atoms with Crippen molar-refractivity contribution in [1.29, 1.82) is 0 Å². The van der Waals surface area contributed by atoms with Crippen LogP contribution in [0.1, 0.15) is 101 Å². The maximum atomic E-state index is 5.82. The average Bonchev–Trinajstić information content (AvgIpc) is 3.97. The van der Waals surface area contributed by atoms with Gasteiger partial charge in [-0.1, -0.05) is 190 Å². The lowest BCUT2D eigenvalue weighted by Gasteiger charge is -2.34. The predicted molar refractivity (Wildman–Crippen MR) is 275 cm³/mol. The monoisotopic (exact) mass is 843 g/mol. The van der Waals surface area contributed by atoms with Gasteiger partial charge < -0.3 is 4.98 Å². The molecule has 65 heavy (non-hydrogen) atoms. The number of nitrogens with one attached hydrogen (secondary N) is 1. The lowest BCUT2D eigenvalue weighted by molar-refractivity contribution is 0.590. The highest BCUT2D eigenvalue weighted by Gasteiger charge is 2.46. The zero-order valence-electron chi connectivity index (χ0n) is 39.1. The molecule has 2 heterocycles. The number of benzene rings is 8. The van der Waals surface area contributed by atoms with Crippen LogP contribution in [0, 0.1) is 0 Å². The van der Waals surface area contributed by atoms with E-state index in [0.29, 0.717) is 0 Å². The summed E-state index contributed by atoms with van der Waals surface area (Å²) in [4.78, 5) is 9.75. The van der Waals surface area contributed by atoms with E-state index < -0.39 is 5.41 Å². The topological polar surface area (TPSA) is 33.6 Å². The van der Waals surface area contributed by atoms with Crippen molar-refractivity contribution >= 4 is 32.8 Å². The van der Waals surface area contributed by atoms with Crippen molar-refractivity contribution in [3.63, 3.8) is 0 Å². The van der Waals surface area contributed by atoms with Crippen molar-refractivity contribution in [2.24, 2.45) is 0 Å². The van der Waals surface area contributed by atoms with E-state index in [1.807, 2.05) is 0 Å². The van der Waals surface area contributed by atoms with Gasteiger partial charge in [0.05, 0.1) is 22.0 Å². The van der Waals surface area contributed by atoms with Crippen LogP contribution >= 0.6 is 0 Å². The number of imidazole rings is 1. The average molecular weight is 844 g/mol. The Balaban J connectivity index is 1.19. The van der Waals surface area contributed by atoms with Crippen molar-refractivity contribution in [2.75, 3.05) is 0 Å². The molecule has 3 heteroatoms. The van der Waals surface area contributed by atoms with Crippen molar-refractivity contribution in [1.82, 2.24) is 14.5 Å². The number of hydrogen-bond donors (Lipinski definition) is 1. The maximum absolute atomic E-state index is 5.82. The molecule has 0 amide bonds. The van der Waals surface area contributed by atoms with Gasteiger partial charge in [-0.25, -0.2) is 4.98 Å². The van der Waals surface area contributed by atoms with Crippen molar-refractivity contribution in [3.8, 4) is 39.3 Å².